The van der Waals surface area contributed by atoms with Gasteiger partial charge in [-0.2, -0.15) is 0 Å². The largest absolute Gasteiger partial charge is 0.362 e. The zero-order valence-electron chi connectivity index (χ0n) is 10.1. The maximum atomic E-state index is 4.37. The lowest BCUT2D eigenvalue weighted by atomic mass is 10.4. The van der Waals surface area contributed by atoms with Crippen molar-refractivity contribution in [3.63, 3.8) is 0 Å². The molecule has 1 heterocycles. The molecule has 2 nitrogen and oxygen atoms in total. The van der Waals surface area contributed by atoms with Gasteiger partial charge < -0.3 is 5.32 Å². The molecule has 0 bridgehead atoms. The molecule has 5 heteroatoms. The number of nitrogens with one attached hydrogen (secondary N) is 1. The number of thiazole rings is 1. The van der Waals surface area contributed by atoms with E-state index in [1.807, 2.05) is 18.0 Å². The number of aromatic nitrogens is 1. The van der Waals surface area contributed by atoms with Crippen LogP contribution in [0.2, 0.25) is 0 Å². The fourth-order valence-electron chi connectivity index (χ4n) is 1.37. The van der Waals surface area contributed by atoms with Crippen molar-refractivity contribution < 1.29 is 0 Å². The second-order valence-electron chi connectivity index (χ2n) is 3.80. The van der Waals surface area contributed by atoms with Gasteiger partial charge >= 0.3 is 0 Å². The molecule has 0 aliphatic rings. The van der Waals surface area contributed by atoms with E-state index in [2.05, 4.69) is 57.4 Å². The second kappa shape index (κ2) is 7.16. The number of benzene rings is 1. The van der Waals surface area contributed by atoms with Gasteiger partial charge in [0.1, 0.15) is 0 Å². The summed E-state index contributed by atoms with van der Waals surface area (Å²) in [7, 11) is 0. The normalized spacial score (nSPS) is 10.6. The second-order valence-corrected chi connectivity index (χ2v) is 6.88. The Balaban J connectivity index is 1.86. The van der Waals surface area contributed by atoms with Gasteiger partial charge in [-0.25, -0.2) is 4.98 Å². The van der Waals surface area contributed by atoms with Gasteiger partial charge in [0.05, 0.1) is 0 Å². The van der Waals surface area contributed by atoms with Crippen LogP contribution in [-0.4, -0.2) is 11.5 Å². The number of thioether (sulfide) groups is 1. The third kappa shape index (κ3) is 4.30. The molecule has 2 rings (SSSR count). The summed E-state index contributed by atoms with van der Waals surface area (Å²) >= 11 is 7.03. The quantitative estimate of drug-likeness (QED) is 0.746. The van der Waals surface area contributed by atoms with Crippen LogP contribution in [-0.2, 0) is 5.75 Å². The van der Waals surface area contributed by atoms with Crippen molar-refractivity contribution in [3.05, 3.63) is 39.8 Å². The Bertz CT molecular complexity index is 482. The minimum absolute atomic E-state index is 0.979. The van der Waals surface area contributed by atoms with E-state index in [9.17, 15) is 0 Å². The van der Waals surface area contributed by atoms with Crippen molar-refractivity contribution >= 4 is 44.2 Å². The van der Waals surface area contributed by atoms with Crippen LogP contribution in [0.5, 0.6) is 0 Å². The third-order valence-corrected chi connectivity index (χ3v) is 5.00. The first-order chi connectivity index (χ1) is 8.78. The summed E-state index contributed by atoms with van der Waals surface area (Å²) in [6.07, 6.45) is 3.09. The van der Waals surface area contributed by atoms with E-state index in [0.717, 1.165) is 28.3 Å². The Labute approximate surface area is 124 Å². The molecule has 1 N–H and O–H groups in total. The van der Waals surface area contributed by atoms with Crippen LogP contribution in [0.25, 0.3) is 0 Å². The van der Waals surface area contributed by atoms with Gasteiger partial charge in [0.25, 0.3) is 0 Å². The lowest BCUT2D eigenvalue weighted by Crippen LogP contribution is -1.97. The van der Waals surface area contributed by atoms with Gasteiger partial charge in [-0.05, 0) is 30.7 Å². The van der Waals surface area contributed by atoms with Gasteiger partial charge in [-0.15, -0.1) is 23.1 Å². The molecule has 1 aromatic carbocycles. The van der Waals surface area contributed by atoms with Crippen molar-refractivity contribution in [2.75, 3.05) is 11.9 Å². The van der Waals surface area contributed by atoms with Crippen molar-refractivity contribution in [2.45, 2.75) is 24.0 Å². The summed E-state index contributed by atoms with van der Waals surface area (Å²) in [5.74, 6) is 0.979. The zero-order valence-corrected chi connectivity index (χ0v) is 13.4. The minimum Gasteiger partial charge on any atom is -0.362 e. The first-order valence-electron chi connectivity index (χ1n) is 5.85. The highest BCUT2D eigenvalue weighted by molar-refractivity contribution is 9.10. The Hall–Kier alpha value is -0.520. The zero-order chi connectivity index (χ0) is 12.8. The summed E-state index contributed by atoms with van der Waals surface area (Å²) in [6, 6.07) is 8.41. The lowest BCUT2D eigenvalue weighted by molar-refractivity contribution is 0.976. The highest BCUT2D eigenvalue weighted by atomic mass is 79.9. The van der Waals surface area contributed by atoms with Crippen LogP contribution >= 0.6 is 39.0 Å². The molecular formula is C13H15BrN2S2. The molecule has 0 saturated heterocycles. The van der Waals surface area contributed by atoms with Crippen molar-refractivity contribution in [1.82, 2.24) is 4.98 Å². The number of hydrogen-bond donors (Lipinski definition) is 1. The summed E-state index contributed by atoms with van der Waals surface area (Å²) < 4.78 is 1.12. The molecule has 18 heavy (non-hydrogen) atoms. The molecule has 0 fully saturated rings. The first-order valence-corrected chi connectivity index (χ1v) is 8.44. The van der Waals surface area contributed by atoms with Gasteiger partial charge in [0, 0.05) is 32.7 Å². The van der Waals surface area contributed by atoms with E-state index in [4.69, 9.17) is 0 Å². The van der Waals surface area contributed by atoms with E-state index >= 15 is 0 Å². The topological polar surface area (TPSA) is 24.9 Å². The van der Waals surface area contributed by atoms with Crippen LogP contribution < -0.4 is 5.32 Å². The SMILES string of the molecule is CCCNc1ncc(CSc2ccc(Br)cc2)s1. The summed E-state index contributed by atoms with van der Waals surface area (Å²) in [5, 5.41) is 4.34. The average Bonchev–Trinajstić information content (AvgIpc) is 2.84. The van der Waals surface area contributed by atoms with Crippen LogP contribution in [0.4, 0.5) is 5.13 Å². The predicted molar refractivity (Wildman–Crippen MR) is 84.6 cm³/mol. The molecule has 96 valence electrons. The summed E-state index contributed by atoms with van der Waals surface area (Å²) in [4.78, 5) is 6.96. The van der Waals surface area contributed by atoms with Crippen LogP contribution in [0.3, 0.4) is 0 Å². The van der Waals surface area contributed by atoms with Crippen molar-refractivity contribution in [2.24, 2.45) is 0 Å². The molecular weight excluding hydrogens is 328 g/mol. The van der Waals surface area contributed by atoms with Crippen molar-refractivity contribution in [1.29, 1.82) is 0 Å². The summed E-state index contributed by atoms with van der Waals surface area (Å²) in [6.45, 7) is 3.15. The highest BCUT2D eigenvalue weighted by Crippen LogP contribution is 2.28. The summed E-state index contributed by atoms with van der Waals surface area (Å²) in [5.41, 5.74) is 0. The standard InChI is InChI=1S/C13H15BrN2S2/c1-2-7-15-13-16-8-12(18-13)9-17-11-5-3-10(14)4-6-11/h3-6,8H,2,7,9H2,1H3,(H,15,16). The molecule has 0 aliphatic heterocycles. The van der Waals surface area contributed by atoms with E-state index in [0.29, 0.717) is 0 Å². The fraction of sp³-hybridized carbons (Fsp3) is 0.308. The fourth-order valence-corrected chi connectivity index (χ4v) is 3.40. The smallest absolute Gasteiger partial charge is 0.182 e. The van der Waals surface area contributed by atoms with Crippen molar-refractivity contribution in [3.8, 4) is 0 Å². The number of halogens is 1. The third-order valence-electron chi connectivity index (χ3n) is 2.27. The lowest BCUT2D eigenvalue weighted by Gasteiger charge is -1.99. The van der Waals surface area contributed by atoms with E-state index in [1.165, 1.54) is 9.77 Å². The van der Waals surface area contributed by atoms with Gasteiger partial charge in [0.2, 0.25) is 0 Å². The Kier molecular flexibility index (Phi) is 5.53. The molecule has 0 spiro atoms. The molecule has 1 aromatic heterocycles. The molecule has 0 radical (unpaired) electrons. The minimum atomic E-state index is 0.979. The number of hydrogen-bond acceptors (Lipinski definition) is 4. The monoisotopic (exact) mass is 342 g/mol. The molecule has 0 atom stereocenters. The number of rotatable bonds is 6. The van der Waals surface area contributed by atoms with Gasteiger partial charge in [0.15, 0.2) is 5.13 Å². The van der Waals surface area contributed by atoms with Gasteiger partial charge in [-0.3, -0.25) is 0 Å². The Morgan fingerprint density at radius 1 is 1.33 bits per heavy atom. The van der Waals surface area contributed by atoms with E-state index in [-0.39, 0.29) is 0 Å². The van der Waals surface area contributed by atoms with Crippen LogP contribution in [0, 0.1) is 0 Å². The number of nitrogens with zero attached hydrogens (tertiary/aromatic N) is 1. The molecule has 0 saturated carbocycles. The predicted octanol–water partition coefficient (Wildman–Crippen LogP) is 5.02. The van der Waals surface area contributed by atoms with E-state index < -0.39 is 0 Å². The number of anilines is 1. The van der Waals surface area contributed by atoms with E-state index in [1.54, 1.807) is 11.3 Å². The van der Waals surface area contributed by atoms with Gasteiger partial charge in [-0.1, -0.05) is 22.9 Å². The molecule has 0 amide bonds. The van der Waals surface area contributed by atoms with Crippen LogP contribution in [0.15, 0.2) is 39.8 Å². The maximum Gasteiger partial charge on any atom is 0.182 e. The first kappa shape index (κ1) is 13.9. The average molecular weight is 343 g/mol. The van der Waals surface area contributed by atoms with Crippen LogP contribution in [0.1, 0.15) is 18.2 Å². The highest BCUT2D eigenvalue weighted by Gasteiger charge is 2.02. The molecule has 0 aliphatic carbocycles. The maximum absolute atomic E-state index is 4.37. The Morgan fingerprint density at radius 2 is 2.11 bits per heavy atom. The Morgan fingerprint density at radius 3 is 2.83 bits per heavy atom. The molecule has 2 aromatic rings. The molecule has 0 unspecified atom stereocenters.